The van der Waals surface area contributed by atoms with Crippen molar-refractivity contribution in [2.75, 3.05) is 45.2 Å². The minimum atomic E-state index is -3.53. The minimum Gasteiger partial charge on any atom is -0.379 e. The predicted molar refractivity (Wildman–Crippen MR) is 117 cm³/mol. The number of likely N-dealkylation sites (N-methyl/N-ethyl adjacent to an activating group) is 1. The van der Waals surface area contributed by atoms with E-state index in [9.17, 15) is 13.2 Å². The smallest absolute Gasteiger partial charge is 0.243 e. The van der Waals surface area contributed by atoms with E-state index >= 15 is 0 Å². The zero-order chi connectivity index (χ0) is 21.6. The number of hydrogen-bond donors (Lipinski definition) is 1. The van der Waals surface area contributed by atoms with E-state index in [1.54, 1.807) is 12.1 Å². The molecule has 0 unspecified atom stereocenters. The van der Waals surface area contributed by atoms with Crippen LogP contribution in [0.5, 0.6) is 0 Å². The van der Waals surface area contributed by atoms with Crippen LogP contribution in [0.4, 0.5) is 5.69 Å². The summed E-state index contributed by atoms with van der Waals surface area (Å²) >= 11 is 0. The van der Waals surface area contributed by atoms with Gasteiger partial charge in [-0.05, 0) is 48.9 Å². The molecule has 30 heavy (non-hydrogen) atoms. The van der Waals surface area contributed by atoms with E-state index < -0.39 is 10.0 Å². The molecular formula is C22H29N3O4S. The highest BCUT2D eigenvalue weighted by Crippen LogP contribution is 2.19. The average molecular weight is 432 g/mol. The van der Waals surface area contributed by atoms with Crippen LogP contribution in [0.3, 0.4) is 0 Å². The largest absolute Gasteiger partial charge is 0.379 e. The van der Waals surface area contributed by atoms with Gasteiger partial charge in [-0.15, -0.1) is 0 Å². The summed E-state index contributed by atoms with van der Waals surface area (Å²) in [4.78, 5) is 14.5. The first kappa shape index (κ1) is 22.4. The molecule has 0 radical (unpaired) electrons. The summed E-state index contributed by atoms with van der Waals surface area (Å²) in [6, 6.07) is 14.7. The highest BCUT2D eigenvalue weighted by atomic mass is 32.2. The molecular weight excluding hydrogens is 402 g/mol. The van der Waals surface area contributed by atoms with Gasteiger partial charge in [-0.25, -0.2) is 8.42 Å². The molecule has 1 fully saturated rings. The molecule has 1 aliphatic heterocycles. The van der Waals surface area contributed by atoms with E-state index in [-0.39, 0.29) is 17.3 Å². The molecule has 0 aromatic heterocycles. The third-order valence-electron chi connectivity index (χ3n) is 5.04. The number of ether oxygens (including phenoxy) is 1. The van der Waals surface area contributed by atoms with E-state index in [0.29, 0.717) is 38.5 Å². The molecule has 8 heteroatoms. The van der Waals surface area contributed by atoms with Crippen molar-refractivity contribution < 1.29 is 17.9 Å². The molecule has 1 aliphatic rings. The molecule has 3 rings (SSSR count). The van der Waals surface area contributed by atoms with Gasteiger partial charge in [0, 0.05) is 25.3 Å². The number of hydrogen-bond acceptors (Lipinski definition) is 5. The Morgan fingerprint density at radius 2 is 1.63 bits per heavy atom. The fraction of sp³-hybridized carbons (Fsp3) is 0.409. The van der Waals surface area contributed by atoms with Gasteiger partial charge < -0.3 is 10.1 Å². The Balaban J connectivity index is 1.53. The topological polar surface area (TPSA) is 79.0 Å². The van der Waals surface area contributed by atoms with Crippen LogP contribution in [-0.4, -0.2) is 63.4 Å². The van der Waals surface area contributed by atoms with Gasteiger partial charge in [-0.3, -0.25) is 9.69 Å². The maximum absolute atomic E-state index is 12.7. The van der Waals surface area contributed by atoms with Crippen LogP contribution in [0.15, 0.2) is 53.4 Å². The number of morpholine rings is 1. The summed E-state index contributed by atoms with van der Waals surface area (Å²) < 4.78 is 32.0. The van der Waals surface area contributed by atoms with Crippen LogP contribution < -0.4 is 5.32 Å². The second-order valence-electron chi connectivity index (χ2n) is 7.43. The molecule has 1 saturated heterocycles. The lowest BCUT2D eigenvalue weighted by atomic mass is 10.1. The Morgan fingerprint density at radius 3 is 2.23 bits per heavy atom. The summed E-state index contributed by atoms with van der Waals surface area (Å²) in [5, 5.41) is 2.83. The molecule has 0 saturated carbocycles. The zero-order valence-corrected chi connectivity index (χ0v) is 18.3. The van der Waals surface area contributed by atoms with Crippen molar-refractivity contribution in [3.05, 3.63) is 59.7 Å². The normalized spacial score (nSPS) is 15.3. The Hall–Kier alpha value is -2.26. The third kappa shape index (κ3) is 5.89. The zero-order valence-electron chi connectivity index (χ0n) is 17.5. The fourth-order valence-electron chi connectivity index (χ4n) is 3.34. The van der Waals surface area contributed by atoms with Crippen LogP contribution in [0.1, 0.15) is 18.1 Å². The number of anilines is 1. The van der Waals surface area contributed by atoms with Crippen LogP contribution in [0.25, 0.3) is 0 Å². The number of rotatable bonds is 8. The van der Waals surface area contributed by atoms with Crippen molar-refractivity contribution in [3.63, 3.8) is 0 Å². The first-order chi connectivity index (χ1) is 14.4. The lowest BCUT2D eigenvalue weighted by Crippen LogP contribution is -2.40. The molecule has 1 heterocycles. The van der Waals surface area contributed by atoms with Crippen molar-refractivity contribution in [1.29, 1.82) is 0 Å². The van der Waals surface area contributed by atoms with E-state index in [2.05, 4.69) is 36.5 Å². The SMILES string of the molecule is CCc1ccc(CN(C)CC(=O)Nc2ccc(S(=O)(=O)N3CCOCC3)cc2)cc1. The average Bonchev–Trinajstić information content (AvgIpc) is 2.75. The number of aryl methyl sites for hydroxylation is 1. The second-order valence-corrected chi connectivity index (χ2v) is 9.37. The summed E-state index contributed by atoms with van der Waals surface area (Å²) in [5.74, 6) is -0.147. The monoisotopic (exact) mass is 431 g/mol. The molecule has 7 nitrogen and oxygen atoms in total. The predicted octanol–water partition coefficient (Wildman–Crippen LogP) is 2.34. The Kier molecular flexibility index (Phi) is 7.60. The second kappa shape index (κ2) is 10.2. The van der Waals surface area contributed by atoms with Crippen molar-refractivity contribution in [2.45, 2.75) is 24.8 Å². The van der Waals surface area contributed by atoms with Gasteiger partial charge in [0.25, 0.3) is 0 Å². The van der Waals surface area contributed by atoms with Crippen molar-refractivity contribution >= 4 is 21.6 Å². The fourth-order valence-corrected chi connectivity index (χ4v) is 4.75. The lowest BCUT2D eigenvalue weighted by molar-refractivity contribution is -0.117. The van der Waals surface area contributed by atoms with Gasteiger partial charge in [0.1, 0.15) is 0 Å². The molecule has 2 aromatic rings. The van der Waals surface area contributed by atoms with E-state index in [4.69, 9.17) is 4.74 Å². The standard InChI is InChI=1S/C22H29N3O4S/c1-3-18-4-6-19(7-5-18)16-24(2)17-22(26)23-20-8-10-21(11-9-20)30(27,28)25-12-14-29-15-13-25/h4-11H,3,12-17H2,1-2H3,(H,23,26). The maximum atomic E-state index is 12.7. The van der Waals surface area contributed by atoms with Gasteiger partial charge in [-0.2, -0.15) is 4.31 Å². The highest BCUT2D eigenvalue weighted by Gasteiger charge is 2.26. The van der Waals surface area contributed by atoms with Gasteiger partial charge in [0.05, 0.1) is 24.7 Å². The van der Waals surface area contributed by atoms with E-state index in [1.165, 1.54) is 22.0 Å². The van der Waals surface area contributed by atoms with Crippen molar-refractivity contribution in [3.8, 4) is 0 Å². The lowest BCUT2D eigenvalue weighted by Gasteiger charge is -2.26. The molecule has 0 bridgehead atoms. The quantitative estimate of drug-likeness (QED) is 0.694. The number of carbonyl (C=O) groups excluding carboxylic acids is 1. The number of nitrogens with one attached hydrogen (secondary N) is 1. The number of benzene rings is 2. The molecule has 0 atom stereocenters. The Morgan fingerprint density at radius 1 is 1.03 bits per heavy atom. The number of nitrogens with zero attached hydrogens (tertiary/aromatic N) is 2. The number of sulfonamides is 1. The summed E-state index contributed by atoms with van der Waals surface area (Å²) in [6.07, 6.45) is 1.01. The molecule has 1 amide bonds. The molecule has 1 N–H and O–H groups in total. The molecule has 0 spiro atoms. The van der Waals surface area contributed by atoms with E-state index in [1.807, 2.05) is 11.9 Å². The van der Waals surface area contributed by atoms with Gasteiger partial charge >= 0.3 is 0 Å². The molecule has 0 aliphatic carbocycles. The van der Waals surface area contributed by atoms with Crippen LogP contribution in [-0.2, 0) is 32.5 Å². The summed E-state index contributed by atoms with van der Waals surface area (Å²) in [5.41, 5.74) is 3.01. The highest BCUT2D eigenvalue weighted by molar-refractivity contribution is 7.89. The van der Waals surface area contributed by atoms with Crippen molar-refractivity contribution in [1.82, 2.24) is 9.21 Å². The van der Waals surface area contributed by atoms with Crippen molar-refractivity contribution in [2.24, 2.45) is 0 Å². The van der Waals surface area contributed by atoms with Crippen LogP contribution >= 0.6 is 0 Å². The number of amides is 1. The molecule has 2 aromatic carbocycles. The molecule has 162 valence electrons. The first-order valence-electron chi connectivity index (χ1n) is 10.1. The minimum absolute atomic E-state index is 0.147. The third-order valence-corrected chi connectivity index (χ3v) is 6.96. The first-order valence-corrected chi connectivity index (χ1v) is 11.6. The summed E-state index contributed by atoms with van der Waals surface area (Å²) in [6.45, 7) is 4.56. The maximum Gasteiger partial charge on any atom is 0.243 e. The van der Waals surface area contributed by atoms with Gasteiger partial charge in [0.2, 0.25) is 15.9 Å². The van der Waals surface area contributed by atoms with Gasteiger partial charge in [-0.1, -0.05) is 31.2 Å². The van der Waals surface area contributed by atoms with Crippen LogP contribution in [0.2, 0.25) is 0 Å². The Bertz CT molecular complexity index is 937. The van der Waals surface area contributed by atoms with Crippen LogP contribution in [0, 0.1) is 0 Å². The van der Waals surface area contributed by atoms with E-state index in [0.717, 1.165) is 12.0 Å². The number of carbonyl (C=O) groups is 1. The van der Waals surface area contributed by atoms with Gasteiger partial charge in [0.15, 0.2) is 0 Å². The Labute approximate surface area is 178 Å². The summed E-state index contributed by atoms with van der Waals surface area (Å²) in [7, 11) is -1.64.